The zero-order chi connectivity index (χ0) is 18.2. The second kappa shape index (κ2) is 9.96. The fraction of sp³-hybridized carbons (Fsp3) is 0.682. The maximum atomic E-state index is 12.3. The molecule has 0 radical (unpaired) electrons. The Morgan fingerprint density at radius 1 is 1.00 bits per heavy atom. The summed E-state index contributed by atoms with van der Waals surface area (Å²) in [7, 11) is 2.24. The molecule has 26 heavy (non-hydrogen) atoms. The van der Waals surface area contributed by atoms with E-state index >= 15 is 0 Å². The average Bonchev–Trinajstić information content (AvgIpc) is 2.69. The third kappa shape index (κ3) is 5.73. The maximum absolute atomic E-state index is 12.3. The molecule has 2 aliphatic carbocycles. The van der Waals surface area contributed by atoms with Crippen LogP contribution in [0.3, 0.4) is 0 Å². The van der Waals surface area contributed by atoms with E-state index in [-0.39, 0.29) is 5.91 Å². The topological polar surface area (TPSA) is 44.4 Å². The van der Waals surface area contributed by atoms with Gasteiger partial charge >= 0.3 is 0 Å². The first-order valence-corrected chi connectivity index (χ1v) is 10.5. The van der Waals surface area contributed by atoms with Crippen molar-refractivity contribution in [3.8, 4) is 0 Å². The van der Waals surface area contributed by atoms with Crippen LogP contribution >= 0.6 is 0 Å². The van der Waals surface area contributed by atoms with Crippen LogP contribution in [0.5, 0.6) is 0 Å². The molecule has 0 spiro atoms. The van der Waals surface area contributed by atoms with Gasteiger partial charge in [0, 0.05) is 24.3 Å². The molecule has 2 saturated carbocycles. The van der Waals surface area contributed by atoms with Crippen molar-refractivity contribution in [2.24, 2.45) is 0 Å². The molecule has 0 heterocycles. The summed E-state index contributed by atoms with van der Waals surface area (Å²) in [6, 6.07) is 9.50. The van der Waals surface area contributed by atoms with Crippen molar-refractivity contribution < 1.29 is 4.79 Å². The Morgan fingerprint density at radius 3 is 2.38 bits per heavy atom. The smallest absolute Gasteiger partial charge is 0.239 e. The van der Waals surface area contributed by atoms with E-state index in [1.807, 2.05) is 6.07 Å². The Kier molecular flexibility index (Phi) is 7.36. The molecule has 0 atom stereocenters. The maximum Gasteiger partial charge on any atom is 0.239 e. The summed E-state index contributed by atoms with van der Waals surface area (Å²) in [5, 5.41) is 6.56. The molecular formula is C22H35N3O. The molecule has 1 amide bonds. The highest BCUT2D eigenvalue weighted by atomic mass is 16.1. The molecule has 3 rings (SSSR count). The van der Waals surface area contributed by atoms with Gasteiger partial charge in [0.05, 0.1) is 6.54 Å². The Hall–Kier alpha value is -1.55. The van der Waals surface area contributed by atoms with E-state index in [1.165, 1.54) is 56.9 Å². The molecule has 2 aliphatic rings. The van der Waals surface area contributed by atoms with Gasteiger partial charge in [-0.2, -0.15) is 0 Å². The van der Waals surface area contributed by atoms with Gasteiger partial charge < -0.3 is 10.6 Å². The first-order valence-electron chi connectivity index (χ1n) is 10.5. The van der Waals surface area contributed by atoms with E-state index in [2.05, 4.69) is 40.8 Å². The molecule has 1 aromatic rings. The standard InChI is InChI=1S/C22H35N3O/c1-25(20-13-6-3-7-14-20)17-18-10-8-9-15-21(18)23-16-22(26)24-19-11-4-2-5-12-19/h8-10,15,19-20,23H,2-7,11-14,16-17H2,1H3,(H,24,26). The SMILES string of the molecule is CN(Cc1ccccc1NCC(=O)NC1CCCCC1)C1CCCCC1. The van der Waals surface area contributed by atoms with Crippen LogP contribution in [0.2, 0.25) is 0 Å². The van der Waals surface area contributed by atoms with Gasteiger partial charge in [-0.05, 0) is 44.4 Å². The number of rotatable bonds is 7. The van der Waals surface area contributed by atoms with Crippen LogP contribution in [0, 0.1) is 0 Å². The summed E-state index contributed by atoms with van der Waals surface area (Å²) in [4.78, 5) is 14.8. The van der Waals surface area contributed by atoms with Gasteiger partial charge in [-0.15, -0.1) is 0 Å². The summed E-state index contributed by atoms with van der Waals surface area (Å²) in [6.45, 7) is 1.30. The number of para-hydroxylation sites is 1. The zero-order valence-corrected chi connectivity index (χ0v) is 16.3. The minimum absolute atomic E-state index is 0.118. The lowest BCUT2D eigenvalue weighted by atomic mass is 9.94. The zero-order valence-electron chi connectivity index (χ0n) is 16.3. The molecule has 0 bridgehead atoms. The third-order valence-electron chi connectivity index (χ3n) is 6.04. The van der Waals surface area contributed by atoms with Gasteiger partial charge in [0.15, 0.2) is 0 Å². The van der Waals surface area contributed by atoms with Crippen molar-refractivity contribution in [2.75, 3.05) is 18.9 Å². The second-order valence-corrected chi connectivity index (χ2v) is 8.12. The molecular weight excluding hydrogens is 322 g/mol. The lowest BCUT2D eigenvalue weighted by Crippen LogP contribution is -2.39. The van der Waals surface area contributed by atoms with E-state index in [9.17, 15) is 4.79 Å². The van der Waals surface area contributed by atoms with Crippen LogP contribution in [0.25, 0.3) is 0 Å². The molecule has 2 N–H and O–H groups in total. The molecule has 0 unspecified atom stereocenters. The minimum atomic E-state index is 0.118. The summed E-state index contributed by atoms with van der Waals surface area (Å²) >= 11 is 0. The third-order valence-corrected chi connectivity index (χ3v) is 6.04. The first-order chi connectivity index (χ1) is 12.7. The van der Waals surface area contributed by atoms with Crippen molar-refractivity contribution in [2.45, 2.75) is 82.8 Å². The number of nitrogens with one attached hydrogen (secondary N) is 2. The summed E-state index contributed by atoms with van der Waals surface area (Å²) < 4.78 is 0. The van der Waals surface area contributed by atoms with Crippen molar-refractivity contribution >= 4 is 11.6 Å². The number of hydrogen-bond acceptors (Lipinski definition) is 3. The highest BCUT2D eigenvalue weighted by Crippen LogP contribution is 2.25. The van der Waals surface area contributed by atoms with Crippen LogP contribution in [0.15, 0.2) is 24.3 Å². The molecule has 144 valence electrons. The van der Waals surface area contributed by atoms with Crippen LogP contribution in [0.1, 0.15) is 69.8 Å². The van der Waals surface area contributed by atoms with Gasteiger partial charge in [0.1, 0.15) is 0 Å². The van der Waals surface area contributed by atoms with Crippen LogP contribution in [-0.4, -0.2) is 36.5 Å². The van der Waals surface area contributed by atoms with E-state index in [0.29, 0.717) is 18.6 Å². The molecule has 2 fully saturated rings. The summed E-state index contributed by atoms with van der Waals surface area (Å²) in [5.74, 6) is 0.118. The van der Waals surface area contributed by atoms with E-state index in [4.69, 9.17) is 0 Å². The van der Waals surface area contributed by atoms with E-state index in [1.54, 1.807) is 0 Å². The Bertz CT molecular complexity index is 562. The quantitative estimate of drug-likeness (QED) is 0.764. The second-order valence-electron chi connectivity index (χ2n) is 8.12. The van der Waals surface area contributed by atoms with Crippen LogP contribution in [0.4, 0.5) is 5.69 Å². The Balaban J connectivity index is 1.50. The van der Waals surface area contributed by atoms with Crippen molar-refractivity contribution in [3.05, 3.63) is 29.8 Å². The number of benzene rings is 1. The van der Waals surface area contributed by atoms with Crippen molar-refractivity contribution in [1.29, 1.82) is 0 Å². The number of carbonyl (C=O) groups is 1. The normalized spacial score (nSPS) is 19.5. The predicted octanol–water partition coefficient (Wildman–Crippen LogP) is 4.31. The van der Waals surface area contributed by atoms with Crippen LogP contribution < -0.4 is 10.6 Å². The van der Waals surface area contributed by atoms with Crippen molar-refractivity contribution in [3.63, 3.8) is 0 Å². The summed E-state index contributed by atoms with van der Waals surface area (Å²) in [5.41, 5.74) is 2.37. The van der Waals surface area contributed by atoms with E-state index < -0.39 is 0 Å². The van der Waals surface area contributed by atoms with Gasteiger partial charge in [-0.3, -0.25) is 9.69 Å². The fourth-order valence-electron chi connectivity index (χ4n) is 4.45. The monoisotopic (exact) mass is 357 g/mol. The van der Waals surface area contributed by atoms with Gasteiger partial charge in [-0.1, -0.05) is 56.7 Å². The number of amides is 1. The Labute approximate surface area is 158 Å². The number of nitrogens with zero attached hydrogens (tertiary/aromatic N) is 1. The number of anilines is 1. The fourth-order valence-corrected chi connectivity index (χ4v) is 4.45. The molecule has 4 heteroatoms. The minimum Gasteiger partial charge on any atom is -0.376 e. The predicted molar refractivity (Wildman–Crippen MR) is 108 cm³/mol. The molecule has 1 aromatic carbocycles. The van der Waals surface area contributed by atoms with E-state index in [0.717, 1.165) is 25.1 Å². The lowest BCUT2D eigenvalue weighted by molar-refractivity contribution is -0.120. The van der Waals surface area contributed by atoms with Crippen molar-refractivity contribution in [1.82, 2.24) is 10.2 Å². The average molecular weight is 358 g/mol. The lowest BCUT2D eigenvalue weighted by Gasteiger charge is -2.31. The molecule has 0 aromatic heterocycles. The van der Waals surface area contributed by atoms with Gasteiger partial charge in [-0.25, -0.2) is 0 Å². The highest BCUT2D eigenvalue weighted by Gasteiger charge is 2.19. The van der Waals surface area contributed by atoms with Gasteiger partial charge in [0.2, 0.25) is 5.91 Å². The largest absolute Gasteiger partial charge is 0.376 e. The molecule has 4 nitrogen and oxygen atoms in total. The van der Waals surface area contributed by atoms with Crippen LogP contribution in [-0.2, 0) is 11.3 Å². The molecule has 0 saturated heterocycles. The first kappa shape index (κ1) is 19.2. The highest BCUT2D eigenvalue weighted by molar-refractivity contribution is 5.81. The molecule has 0 aliphatic heterocycles. The number of hydrogen-bond donors (Lipinski definition) is 2. The number of carbonyl (C=O) groups excluding carboxylic acids is 1. The van der Waals surface area contributed by atoms with Gasteiger partial charge in [0.25, 0.3) is 0 Å². The Morgan fingerprint density at radius 2 is 1.65 bits per heavy atom. The summed E-state index contributed by atoms with van der Waals surface area (Å²) in [6.07, 6.45) is 12.8.